The van der Waals surface area contributed by atoms with E-state index in [0.29, 0.717) is 5.82 Å². The molecule has 2 atom stereocenters. The standard InChI is InChI=1S/C17H23N5O2/c1-12-6-4-7-13(2)22(12)16(23)11-21-19-17(18-20-21)14-8-5-9-15(10-14)24-3/h5,8-10,12-13H,4,6-7,11H2,1-3H3/t12-,13-/m0/s1. The van der Waals surface area contributed by atoms with E-state index in [1.165, 1.54) is 11.2 Å². The van der Waals surface area contributed by atoms with Crippen LogP contribution in [0.3, 0.4) is 0 Å². The van der Waals surface area contributed by atoms with Crippen LogP contribution in [0.2, 0.25) is 0 Å². The number of methoxy groups -OCH3 is 1. The number of hydrogen-bond donors (Lipinski definition) is 0. The minimum Gasteiger partial charge on any atom is -0.497 e. The second-order valence-electron chi connectivity index (χ2n) is 6.31. The molecular formula is C17H23N5O2. The molecule has 2 heterocycles. The number of rotatable bonds is 4. The Bertz CT molecular complexity index is 705. The molecule has 1 saturated heterocycles. The number of aromatic nitrogens is 4. The Labute approximate surface area is 141 Å². The molecule has 1 aliphatic rings. The molecule has 0 bridgehead atoms. The minimum absolute atomic E-state index is 0.0456. The molecule has 1 aromatic heterocycles. The number of benzene rings is 1. The lowest BCUT2D eigenvalue weighted by atomic mass is 9.97. The van der Waals surface area contributed by atoms with Crippen molar-refractivity contribution < 1.29 is 9.53 Å². The zero-order chi connectivity index (χ0) is 17.1. The third-order valence-electron chi connectivity index (χ3n) is 4.54. The molecule has 3 rings (SSSR count). The molecule has 1 amide bonds. The van der Waals surface area contributed by atoms with Gasteiger partial charge in [-0.05, 0) is 50.5 Å². The lowest BCUT2D eigenvalue weighted by Crippen LogP contribution is -2.48. The van der Waals surface area contributed by atoms with Gasteiger partial charge in [-0.15, -0.1) is 10.2 Å². The van der Waals surface area contributed by atoms with Gasteiger partial charge >= 0.3 is 0 Å². The highest BCUT2D eigenvalue weighted by atomic mass is 16.5. The molecule has 1 fully saturated rings. The van der Waals surface area contributed by atoms with Crippen molar-refractivity contribution in [1.82, 2.24) is 25.1 Å². The molecule has 2 aromatic rings. The Kier molecular flexibility index (Phi) is 4.78. The predicted molar refractivity (Wildman–Crippen MR) is 89.4 cm³/mol. The molecule has 1 aromatic carbocycles. The normalized spacial score (nSPS) is 20.9. The average molecular weight is 329 g/mol. The van der Waals surface area contributed by atoms with Crippen molar-refractivity contribution in [2.24, 2.45) is 0 Å². The van der Waals surface area contributed by atoms with Crippen molar-refractivity contribution in [3.63, 3.8) is 0 Å². The average Bonchev–Trinajstić information content (AvgIpc) is 3.03. The maximum atomic E-state index is 12.6. The molecule has 24 heavy (non-hydrogen) atoms. The highest BCUT2D eigenvalue weighted by Crippen LogP contribution is 2.23. The van der Waals surface area contributed by atoms with E-state index < -0.39 is 0 Å². The Morgan fingerprint density at radius 3 is 2.75 bits per heavy atom. The number of hydrogen-bond acceptors (Lipinski definition) is 5. The summed E-state index contributed by atoms with van der Waals surface area (Å²) in [6, 6.07) is 8.00. The number of carbonyl (C=O) groups is 1. The molecule has 0 aliphatic carbocycles. The highest BCUT2D eigenvalue weighted by molar-refractivity contribution is 5.76. The maximum Gasteiger partial charge on any atom is 0.246 e. The fourth-order valence-corrected chi connectivity index (χ4v) is 3.30. The van der Waals surface area contributed by atoms with E-state index in [-0.39, 0.29) is 24.5 Å². The Hall–Kier alpha value is -2.44. The molecule has 0 spiro atoms. The van der Waals surface area contributed by atoms with Gasteiger partial charge in [0, 0.05) is 17.6 Å². The van der Waals surface area contributed by atoms with Gasteiger partial charge in [0.15, 0.2) is 0 Å². The lowest BCUT2D eigenvalue weighted by Gasteiger charge is -2.38. The first-order valence-electron chi connectivity index (χ1n) is 8.32. The predicted octanol–water partition coefficient (Wildman–Crippen LogP) is 2.14. The molecule has 0 radical (unpaired) electrons. The Morgan fingerprint density at radius 2 is 2.04 bits per heavy atom. The van der Waals surface area contributed by atoms with Gasteiger partial charge in [-0.3, -0.25) is 4.79 Å². The Balaban J connectivity index is 1.72. The van der Waals surface area contributed by atoms with E-state index in [2.05, 4.69) is 29.3 Å². The second kappa shape index (κ2) is 6.98. The van der Waals surface area contributed by atoms with Gasteiger partial charge < -0.3 is 9.64 Å². The summed E-state index contributed by atoms with van der Waals surface area (Å²) in [4.78, 5) is 15.9. The van der Waals surface area contributed by atoms with Crippen LogP contribution in [0.5, 0.6) is 5.75 Å². The molecule has 7 heteroatoms. The first kappa shape index (κ1) is 16.4. The number of nitrogens with zero attached hydrogens (tertiary/aromatic N) is 5. The molecule has 7 nitrogen and oxygen atoms in total. The van der Waals surface area contributed by atoms with E-state index in [4.69, 9.17) is 4.74 Å². The molecule has 0 saturated carbocycles. The van der Waals surface area contributed by atoms with Crippen LogP contribution in [0, 0.1) is 0 Å². The van der Waals surface area contributed by atoms with Crippen molar-refractivity contribution in [2.75, 3.05) is 7.11 Å². The van der Waals surface area contributed by atoms with Crippen LogP contribution >= 0.6 is 0 Å². The fourth-order valence-electron chi connectivity index (χ4n) is 3.30. The van der Waals surface area contributed by atoms with Gasteiger partial charge in [-0.25, -0.2) is 0 Å². The van der Waals surface area contributed by atoms with E-state index >= 15 is 0 Å². The summed E-state index contributed by atoms with van der Waals surface area (Å²) < 4.78 is 5.21. The van der Waals surface area contributed by atoms with Crippen molar-refractivity contribution in [3.8, 4) is 17.1 Å². The topological polar surface area (TPSA) is 73.1 Å². The number of amides is 1. The van der Waals surface area contributed by atoms with Crippen LogP contribution in [0.15, 0.2) is 24.3 Å². The van der Waals surface area contributed by atoms with E-state index in [9.17, 15) is 4.79 Å². The second-order valence-corrected chi connectivity index (χ2v) is 6.31. The summed E-state index contributed by atoms with van der Waals surface area (Å²) in [6.45, 7) is 4.32. The SMILES string of the molecule is COc1cccc(-c2nnn(CC(=O)N3[C@@H](C)CCC[C@@H]3C)n2)c1. The summed E-state index contributed by atoms with van der Waals surface area (Å²) in [5.74, 6) is 1.27. The van der Waals surface area contributed by atoms with Crippen LogP contribution < -0.4 is 4.74 Å². The van der Waals surface area contributed by atoms with E-state index in [1.807, 2.05) is 29.2 Å². The first-order valence-corrected chi connectivity index (χ1v) is 8.32. The number of likely N-dealkylation sites (tertiary alicyclic amines) is 1. The summed E-state index contributed by atoms with van der Waals surface area (Å²) in [7, 11) is 1.61. The van der Waals surface area contributed by atoms with Crippen LogP contribution in [-0.2, 0) is 11.3 Å². The monoisotopic (exact) mass is 329 g/mol. The lowest BCUT2D eigenvalue weighted by molar-refractivity contribution is -0.138. The zero-order valence-corrected chi connectivity index (χ0v) is 14.3. The van der Waals surface area contributed by atoms with Crippen LogP contribution in [0.4, 0.5) is 0 Å². The van der Waals surface area contributed by atoms with Crippen molar-refractivity contribution in [2.45, 2.75) is 51.7 Å². The smallest absolute Gasteiger partial charge is 0.246 e. The highest BCUT2D eigenvalue weighted by Gasteiger charge is 2.29. The number of carbonyl (C=O) groups excluding carboxylic acids is 1. The van der Waals surface area contributed by atoms with Gasteiger partial charge in [-0.2, -0.15) is 4.80 Å². The Morgan fingerprint density at radius 1 is 1.29 bits per heavy atom. The van der Waals surface area contributed by atoms with Crippen LogP contribution in [0.1, 0.15) is 33.1 Å². The largest absolute Gasteiger partial charge is 0.497 e. The van der Waals surface area contributed by atoms with E-state index in [0.717, 1.165) is 24.2 Å². The van der Waals surface area contributed by atoms with Gasteiger partial charge in [0.2, 0.25) is 11.7 Å². The van der Waals surface area contributed by atoms with Gasteiger partial charge in [0.05, 0.1) is 7.11 Å². The van der Waals surface area contributed by atoms with Gasteiger partial charge in [0.25, 0.3) is 0 Å². The minimum atomic E-state index is 0.0456. The van der Waals surface area contributed by atoms with Crippen molar-refractivity contribution >= 4 is 5.91 Å². The zero-order valence-electron chi connectivity index (χ0n) is 14.3. The molecule has 0 unspecified atom stereocenters. The summed E-state index contributed by atoms with van der Waals surface area (Å²) >= 11 is 0. The number of ether oxygens (including phenoxy) is 1. The quantitative estimate of drug-likeness (QED) is 0.859. The molecule has 0 N–H and O–H groups in total. The third-order valence-corrected chi connectivity index (χ3v) is 4.54. The third kappa shape index (κ3) is 3.39. The molecule has 1 aliphatic heterocycles. The van der Waals surface area contributed by atoms with Crippen molar-refractivity contribution in [1.29, 1.82) is 0 Å². The van der Waals surface area contributed by atoms with Crippen molar-refractivity contribution in [3.05, 3.63) is 24.3 Å². The van der Waals surface area contributed by atoms with Gasteiger partial charge in [-0.1, -0.05) is 12.1 Å². The van der Waals surface area contributed by atoms with Crippen LogP contribution in [0.25, 0.3) is 11.4 Å². The van der Waals surface area contributed by atoms with E-state index in [1.54, 1.807) is 7.11 Å². The fraction of sp³-hybridized carbons (Fsp3) is 0.529. The number of tetrazole rings is 1. The maximum absolute atomic E-state index is 12.6. The molecular weight excluding hydrogens is 306 g/mol. The van der Waals surface area contributed by atoms with Crippen LogP contribution in [-0.4, -0.2) is 50.2 Å². The summed E-state index contributed by atoms with van der Waals surface area (Å²) in [5, 5.41) is 12.4. The first-order chi connectivity index (χ1) is 11.6. The number of piperidine rings is 1. The summed E-state index contributed by atoms with van der Waals surface area (Å²) in [6.07, 6.45) is 3.28. The molecule has 128 valence electrons. The van der Waals surface area contributed by atoms with Gasteiger partial charge in [0.1, 0.15) is 12.3 Å². The summed E-state index contributed by atoms with van der Waals surface area (Å²) in [5.41, 5.74) is 0.813.